The standard InChI is InChI=1S/C19H16N4O4S2/c24-13-14-7-8-16(29(25,26)22-19-20-10-12-28-19)18(17(14)23-11-4-9-21-23)27-15-5-2-1-3-6-15/h1-12,24H,13H2,(H,20,22). The van der Waals surface area contributed by atoms with Crippen molar-refractivity contribution in [2.24, 2.45) is 0 Å². The molecule has 2 heterocycles. The smallest absolute Gasteiger partial charge is 0.267 e. The maximum absolute atomic E-state index is 13.1. The number of anilines is 1. The molecule has 0 spiro atoms. The Balaban J connectivity index is 1.92. The quantitative estimate of drug-likeness (QED) is 0.467. The van der Waals surface area contributed by atoms with Gasteiger partial charge in [-0.15, -0.1) is 11.3 Å². The molecule has 10 heteroatoms. The lowest BCUT2D eigenvalue weighted by atomic mass is 10.1. The number of sulfonamides is 1. The number of benzene rings is 2. The fourth-order valence-corrected chi connectivity index (χ4v) is 4.65. The summed E-state index contributed by atoms with van der Waals surface area (Å²) in [6.07, 6.45) is 4.72. The van der Waals surface area contributed by atoms with E-state index in [2.05, 4.69) is 14.8 Å². The lowest BCUT2D eigenvalue weighted by Gasteiger charge is -2.18. The van der Waals surface area contributed by atoms with Crippen molar-refractivity contribution in [2.45, 2.75) is 11.5 Å². The monoisotopic (exact) mass is 428 g/mol. The van der Waals surface area contributed by atoms with Crippen molar-refractivity contribution < 1.29 is 18.3 Å². The summed E-state index contributed by atoms with van der Waals surface area (Å²) in [5, 5.41) is 15.9. The van der Waals surface area contributed by atoms with Crippen molar-refractivity contribution in [3.05, 3.63) is 78.1 Å². The Hall–Kier alpha value is -3.21. The number of aliphatic hydroxyl groups is 1. The molecule has 0 aliphatic heterocycles. The predicted octanol–water partition coefficient (Wildman–Crippen LogP) is 3.41. The minimum Gasteiger partial charge on any atom is -0.454 e. The van der Waals surface area contributed by atoms with Gasteiger partial charge in [-0.25, -0.2) is 18.1 Å². The Morgan fingerprint density at radius 3 is 2.59 bits per heavy atom. The summed E-state index contributed by atoms with van der Waals surface area (Å²) in [4.78, 5) is 3.88. The van der Waals surface area contributed by atoms with Crippen molar-refractivity contribution in [3.8, 4) is 17.2 Å². The lowest BCUT2D eigenvalue weighted by molar-refractivity contribution is 0.280. The molecule has 0 aliphatic rings. The molecule has 0 radical (unpaired) electrons. The van der Waals surface area contributed by atoms with E-state index in [1.165, 1.54) is 23.0 Å². The molecule has 148 valence electrons. The van der Waals surface area contributed by atoms with Crippen LogP contribution in [-0.2, 0) is 16.6 Å². The molecule has 0 amide bonds. The highest BCUT2D eigenvalue weighted by Crippen LogP contribution is 2.38. The minimum absolute atomic E-state index is 0.0514. The van der Waals surface area contributed by atoms with Gasteiger partial charge in [0.1, 0.15) is 16.3 Å². The number of aromatic nitrogens is 3. The fourth-order valence-electron chi connectivity index (χ4n) is 2.73. The first-order valence-corrected chi connectivity index (χ1v) is 10.9. The second kappa shape index (κ2) is 8.03. The van der Waals surface area contributed by atoms with Crippen LogP contribution < -0.4 is 9.46 Å². The van der Waals surface area contributed by atoms with E-state index in [1.54, 1.807) is 48.1 Å². The zero-order valence-electron chi connectivity index (χ0n) is 15.0. The molecule has 8 nitrogen and oxygen atoms in total. The van der Waals surface area contributed by atoms with Gasteiger partial charge in [-0.1, -0.05) is 24.3 Å². The number of rotatable bonds is 7. The molecule has 2 N–H and O–H groups in total. The summed E-state index contributed by atoms with van der Waals surface area (Å²) in [6, 6.07) is 13.4. The van der Waals surface area contributed by atoms with E-state index in [9.17, 15) is 13.5 Å². The molecule has 0 saturated carbocycles. The van der Waals surface area contributed by atoms with Gasteiger partial charge in [-0.3, -0.25) is 4.72 Å². The molecule has 2 aromatic carbocycles. The van der Waals surface area contributed by atoms with Crippen LogP contribution in [0, 0.1) is 0 Å². The van der Waals surface area contributed by atoms with Gasteiger partial charge >= 0.3 is 0 Å². The SMILES string of the molecule is O=S(=O)(Nc1nccs1)c1ccc(CO)c(-n2cccn2)c1Oc1ccccc1. The van der Waals surface area contributed by atoms with Crippen LogP contribution in [0.25, 0.3) is 5.69 Å². The van der Waals surface area contributed by atoms with Gasteiger partial charge in [-0.2, -0.15) is 5.10 Å². The average molecular weight is 428 g/mol. The van der Waals surface area contributed by atoms with E-state index in [4.69, 9.17) is 4.74 Å². The minimum atomic E-state index is -4.02. The average Bonchev–Trinajstić information content (AvgIpc) is 3.42. The molecule has 0 aliphatic carbocycles. The zero-order valence-corrected chi connectivity index (χ0v) is 16.6. The third-order valence-electron chi connectivity index (χ3n) is 3.99. The van der Waals surface area contributed by atoms with Crippen molar-refractivity contribution in [1.82, 2.24) is 14.8 Å². The summed E-state index contributed by atoms with van der Waals surface area (Å²) in [6.45, 7) is -0.319. The van der Waals surface area contributed by atoms with Crippen LogP contribution in [-0.4, -0.2) is 28.3 Å². The van der Waals surface area contributed by atoms with E-state index in [0.717, 1.165) is 11.3 Å². The third kappa shape index (κ3) is 3.99. The number of hydrogen-bond donors (Lipinski definition) is 2. The zero-order chi connectivity index (χ0) is 20.3. The van der Waals surface area contributed by atoms with E-state index in [0.29, 0.717) is 17.0 Å². The van der Waals surface area contributed by atoms with Gasteiger partial charge in [0.25, 0.3) is 10.0 Å². The topological polar surface area (TPSA) is 106 Å². The molecule has 0 unspecified atom stereocenters. The maximum Gasteiger partial charge on any atom is 0.267 e. The van der Waals surface area contributed by atoms with Gasteiger partial charge in [0.2, 0.25) is 0 Å². The molecular formula is C19H16N4O4S2. The largest absolute Gasteiger partial charge is 0.454 e. The molecule has 2 aromatic heterocycles. The summed E-state index contributed by atoms with van der Waals surface area (Å²) in [7, 11) is -4.02. The molecule has 0 saturated heterocycles. The number of para-hydroxylation sites is 1. The first kappa shape index (κ1) is 19.1. The second-order valence-corrected chi connectivity index (χ2v) is 8.41. The Morgan fingerprint density at radius 1 is 1.10 bits per heavy atom. The number of aliphatic hydroxyl groups excluding tert-OH is 1. The third-order valence-corrected chi connectivity index (χ3v) is 6.17. The van der Waals surface area contributed by atoms with E-state index in [-0.39, 0.29) is 22.4 Å². The first-order chi connectivity index (χ1) is 14.1. The molecular weight excluding hydrogens is 412 g/mol. The van der Waals surface area contributed by atoms with Crippen molar-refractivity contribution >= 4 is 26.5 Å². The van der Waals surface area contributed by atoms with Crippen LogP contribution in [0.2, 0.25) is 0 Å². The van der Waals surface area contributed by atoms with E-state index >= 15 is 0 Å². The van der Waals surface area contributed by atoms with Gasteiger partial charge in [0.05, 0.1) is 6.61 Å². The highest BCUT2D eigenvalue weighted by Gasteiger charge is 2.27. The number of ether oxygens (including phenoxy) is 1. The van der Waals surface area contributed by atoms with Crippen LogP contribution in [0.3, 0.4) is 0 Å². The normalized spacial score (nSPS) is 11.3. The summed E-state index contributed by atoms with van der Waals surface area (Å²) < 4.78 is 36.2. The number of hydrogen-bond acceptors (Lipinski definition) is 7. The molecule has 4 aromatic rings. The Morgan fingerprint density at radius 2 is 1.93 bits per heavy atom. The lowest BCUT2D eigenvalue weighted by Crippen LogP contribution is -2.16. The van der Waals surface area contributed by atoms with Crippen LogP contribution in [0.5, 0.6) is 11.5 Å². The predicted molar refractivity (Wildman–Crippen MR) is 109 cm³/mol. The van der Waals surface area contributed by atoms with Gasteiger partial charge in [0, 0.05) is 29.5 Å². The fraction of sp³-hybridized carbons (Fsp3) is 0.0526. The molecule has 0 atom stereocenters. The Labute approximate surface area is 171 Å². The van der Waals surface area contributed by atoms with Crippen molar-refractivity contribution in [2.75, 3.05) is 4.72 Å². The highest BCUT2D eigenvalue weighted by molar-refractivity contribution is 7.93. The number of thiazole rings is 1. The molecule has 29 heavy (non-hydrogen) atoms. The Bertz CT molecular complexity index is 1190. The van der Waals surface area contributed by atoms with Crippen molar-refractivity contribution in [1.29, 1.82) is 0 Å². The van der Waals surface area contributed by atoms with Crippen molar-refractivity contribution in [3.63, 3.8) is 0 Å². The Kier molecular flexibility index (Phi) is 5.30. The molecule has 0 fully saturated rings. The van der Waals surface area contributed by atoms with E-state index in [1.807, 2.05) is 6.07 Å². The number of nitrogens with one attached hydrogen (secondary N) is 1. The second-order valence-electron chi connectivity index (χ2n) is 5.87. The highest BCUT2D eigenvalue weighted by atomic mass is 32.2. The summed E-state index contributed by atoms with van der Waals surface area (Å²) in [5.74, 6) is 0.497. The maximum atomic E-state index is 13.1. The molecule has 0 bridgehead atoms. The summed E-state index contributed by atoms with van der Waals surface area (Å²) >= 11 is 1.16. The van der Waals surface area contributed by atoms with Crippen LogP contribution in [0.4, 0.5) is 5.13 Å². The van der Waals surface area contributed by atoms with Crippen LogP contribution in [0.15, 0.2) is 77.4 Å². The first-order valence-electron chi connectivity index (χ1n) is 8.50. The van der Waals surface area contributed by atoms with Crippen LogP contribution in [0.1, 0.15) is 5.56 Å². The number of nitrogens with zero attached hydrogens (tertiary/aromatic N) is 3. The summed E-state index contributed by atoms with van der Waals surface area (Å²) in [5.41, 5.74) is 0.802. The van der Waals surface area contributed by atoms with Gasteiger partial charge in [0.15, 0.2) is 10.9 Å². The van der Waals surface area contributed by atoms with E-state index < -0.39 is 10.0 Å². The van der Waals surface area contributed by atoms with Crippen LogP contribution >= 0.6 is 11.3 Å². The van der Waals surface area contributed by atoms with Gasteiger partial charge in [-0.05, 0) is 24.3 Å². The molecule has 4 rings (SSSR count). The van der Waals surface area contributed by atoms with Gasteiger partial charge < -0.3 is 9.84 Å².